The summed E-state index contributed by atoms with van der Waals surface area (Å²) in [7, 11) is 0. The molecule has 152 valence electrons. The molecule has 0 radical (unpaired) electrons. The zero-order chi connectivity index (χ0) is 20.9. The Morgan fingerprint density at radius 1 is 1.04 bits per heavy atom. The van der Waals surface area contributed by atoms with Crippen molar-refractivity contribution in [3.63, 3.8) is 0 Å². The predicted molar refractivity (Wildman–Crippen MR) is 86.4 cm³/mol. The van der Waals surface area contributed by atoms with Crippen LogP contribution in [0.4, 0.5) is 32.2 Å². The molecule has 1 aliphatic rings. The Bertz CT molecular complexity index is 887. The molecular weight excluding hydrogens is 392 g/mol. The van der Waals surface area contributed by atoms with E-state index in [9.17, 15) is 36.6 Å². The van der Waals surface area contributed by atoms with Crippen LogP contribution in [0, 0.1) is 0 Å². The predicted octanol–water partition coefficient (Wildman–Crippen LogP) is 4.21. The summed E-state index contributed by atoms with van der Waals surface area (Å²) in [4.78, 5) is 0. The summed E-state index contributed by atoms with van der Waals surface area (Å²) in [6, 6.07) is 2.00. The first-order chi connectivity index (χ1) is 12.8. The van der Waals surface area contributed by atoms with Gasteiger partial charge in [-0.15, -0.1) is 10.2 Å². The Kier molecular flexibility index (Phi) is 4.69. The van der Waals surface area contributed by atoms with Crippen LogP contribution in [0.1, 0.15) is 30.9 Å². The van der Waals surface area contributed by atoms with E-state index < -0.39 is 46.1 Å². The number of aromatic nitrogens is 2. The first-order valence-corrected chi connectivity index (χ1v) is 8.11. The minimum Gasteiger partial charge on any atom is -0.507 e. The average molecular weight is 407 g/mol. The Morgan fingerprint density at radius 3 is 2.18 bits per heavy atom. The highest BCUT2D eigenvalue weighted by atomic mass is 19.4. The van der Waals surface area contributed by atoms with Gasteiger partial charge in [-0.3, -0.25) is 0 Å². The van der Waals surface area contributed by atoms with Crippen LogP contribution in [-0.4, -0.2) is 32.1 Å². The number of alkyl halides is 6. The molecule has 0 unspecified atom stereocenters. The third-order valence-corrected chi connectivity index (χ3v) is 4.40. The van der Waals surface area contributed by atoms with Gasteiger partial charge in [-0.05, 0) is 44.0 Å². The van der Waals surface area contributed by atoms with E-state index in [4.69, 9.17) is 0 Å². The highest BCUT2D eigenvalue weighted by Crippen LogP contribution is 2.42. The second-order valence-corrected chi connectivity index (χ2v) is 6.97. The van der Waals surface area contributed by atoms with Crippen molar-refractivity contribution in [2.75, 3.05) is 5.32 Å². The highest BCUT2D eigenvalue weighted by molar-refractivity contribution is 5.71. The molecule has 0 atom stereocenters. The maximum Gasteiger partial charge on any atom is 0.418 e. The first-order valence-electron chi connectivity index (χ1n) is 8.11. The molecule has 1 saturated carbocycles. The number of benzene rings is 1. The summed E-state index contributed by atoms with van der Waals surface area (Å²) in [6.45, 7) is 1.59. The van der Waals surface area contributed by atoms with Crippen molar-refractivity contribution < 1.29 is 36.6 Å². The van der Waals surface area contributed by atoms with Gasteiger partial charge in [0.15, 0.2) is 0 Å². The van der Waals surface area contributed by atoms with Crippen molar-refractivity contribution in [1.82, 2.24) is 10.2 Å². The maximum atomic E-state index is 13.5. The number of nitrogens with zero attached hydrogens (tertiary/aromatic N) is 2. The molecule has 1 fully saturated rings. The Hall–Kier alpha value is -2.56. The standard InChI is InChI=1S/C17H15F6N3O2/c1-15(28)6-9(7-15)24-13-5-11(17(21,22)23)14(26-25-13)10-3-2-8(4-12(10)27)16(18,19)20/h2-5,9,27-28H,6-7H2,1H3,(H,24,25)/t9-,15-. The number of hydrogen-bond acceptors (Lipinski definition) is 5. The lowest BCUT2D eigenvalue weighted by Crippen LogP contribution is -2.48. The topological polar surface area (TPSA) is 78.3 Å². The van der Waals surface area contributed by atoms with E-state index in [1.54, 1.807) is 6.92 Å². The maximum absolute atomic E-state index is 13.5. The molecule has 3 N–H and O–H groups in total. The summed E-state index contributed by atoms with van der Waals surface area (Å²) < 4.78 is 78.5. The Morgan fingerprint density at radius 2 is 1.68 bits per heavy atom. The minimum absolute atomic E-state index is 0.192. The second kappa shape index (κ2) is 6.50. The zero-order valence-corrected chi connectivity index (χ0v) is 14.4. The molecule has 1 aliphatic carbocycles. The molecule has 3 rings (SSSR count). The molecule has 5 nitrogen and oxygen atoms in total. The molecular formula is C17H15F6N3O2. The fraction of sp³-hybridized carbons (Fsp3) is 0.412. The van der Waals surface area contributed by atoms with Gasteiger partial charge < -0.3 is 15.5 Å². The van der Waals surface area contributed by atoms with Gasteiger partial charge in [0, 0.05) is 11.6 Å². The molecule has 0 bridgehead atoms. The van der Waals surface area contributed by atoms with Crippen LogP contribution in [0.2, 0.25) is 0 Å². The van der Waals surface area contributed by atoms with Crippen LogP contribution < -0.4 is 5.32 Å². The molecule has 0 saturated heterocycles. The number of rotatable bonds is 3. The largest absolute Gasteiger partial charge is 0.507 e. The van der Waals surface area contributed by atoms with Crippen LogP contribution in [0.15, 0.2) is 24.3 Å². The lowest BCUT2D eigenvalue weighted by Gasteiger charge is -2.41. The monoisotopic (exact) mass is 407 g/mol. The molecule has 1 heterocycles. The fourth-order valence-corrected chi connectivity index (χ4v) is 3.10. The summed E-state index contributed by atoms with van der Waals surface area (Å²) in [5.41, 5.74) is -4.67. The van der Waals surface area contributed by atoms with Crippen LogP contribution in [0.5, 0.6) is 5.75 Å². The number of aliphatic hydroxyl groups is 1. The first kappa shape index (κ1) is 20.2. The quantitative estimate of drug-likeness (QED) is 0.665. The Balaban J connectivity index is 1.97. The van der Waals surface area contributed by atoms with Crippen molar-refractivity contribution in [3.05, 3.63) is 35.4 Å². The summed E-state index contributed by atoms with van der Waals surface area (Å²) >= 11 is 0. The van der Waals surface area contributed by atoms with Gasteiger partial charge in [0.25, 0.3) is 0 Å². The summed E-state index contributed by atoms with van der Waals surface area (Å²) in [5.74, 6) is -1.19. The molecule has 0 aliphatic heterocycles. The van der Waals surface area contributed by atoms with Gasteiger partial charge in [0.05, 0.1) is 16.7 Å². The number of nitrogens with one attached hydrogen (secondary N) is 1. The fourth-order valence-electron chi connectivity index (χ4n) is 3.10. The van der Waals surface area contributed by atoms with Crippen molar-refractivity contribution >= 4 is 5.82 Å². The average Bonchev–Trinajstić information content (AvgIpc) is 2.51. The highest BCUT2D eigenvalue weighted by Gasteiger charge is 2.40. The minimum atomic E-state index is -4.89. The number of aromatic hydroxyl groups is 1. The van der Waals surface area contributed by atoms with Crippen LogP contribution in [0.3, 0.4) is 0 Å². The zero-order valence-electron chi connectivity index (χ0n) is 14.4. The van der Waals surface area contributed by atoms with Gasteiger partial charge in [-0.25, -0.2) is 0 Å². The van der Waals surface area contributed by atoms with E-state index in [1.165, 1.54) is 0 Å². The SMILES string of the molecule is C[C@]1(O)C[C@H](Nc2cc(C(F)(F)F)c(-c3ccc(C(F)(F)F)cc3O)nn2)C1. The van der Waals surface area contributed by atoms with Crippen molar-refractivity contribution in [3.8, 4) is 17.0 Å². The summed E-state index contributed by atoms with van der Waals surface area (Å²) in [6.07, 6.45) is -9.01. The number of phenolic OH excluding ortho intramolecular Hbond substituents is 1. The van der Waals surface area contributed by atoms with Crippen LogP contribution >= 0.6 is 0 Å². The van der Waals surface area contributed by atoms with Gasteiger partial charge in [0.1, 0.15) is 17.3 Å². The Labute approximate surface area is 155 Å². The normalized spacial score (nSPS) is 22.6. The van der Waals surface area contributed by atoms with E-state index >= 15 is 0 Å². The molecule has 0 spiro atoms. The lowest BCUT2D eigenvalue weighted by atomic mass is 9.77. The van der Waals surface area contributed by atoms with E-state index in [0.29, 0.717) is 37.1 Å². The second-order valence-electron chi connectivity index (χ2n) is 6.97. The molecule has 11 heteroatoms. The van der Waals surface area contributed by atoms with E-state index in [1.807, 2.05) is 0 Å². The van der Waals surface area contributed by atoms with E-state index in [2.05, 4.69) is 15.5 Å². The van der Waals surface area contributed by atoms with E-state index in [-0.39, 0.29) is 11.9 Å². The van der Waals surface area contributed by atoms with Gasteiger partial charge in [0.2, 0.25) is 0 Å². The molecule has 28 heavy (non-hydrogen) atoms. The smallest absolute Gasteiger partial charge is 0.418 e. The van der Waals surface area contributed by atoms with Crippen molar-refractivity contribution in [2.45, 2.75) is 43.8 Å². The third kappa shape index (κ3) is 4.13. The van der Waals surface area contributed by atoms with Crippen LogP contribution in [0.25, 0.3) is 11.3 Å². The third-order valence-electron chi connectivity index (χ3n) is 4.40. The molecule has 1 aromatic heterocycles. The molecule has 2 aromatic rings. The van der Waals surface area contributed by atoms with Gasteiger partial charge in [-0.1, -0.05) is 0 Å². The number of anilines is 1. The van der Waals surface area contributed by atoms with Gasteiger partial charge >= 0.3 is 12.4 Å². The van der Waals surface area contributed by atoms with Crippen LogP contribution in [-0.2, 0) is 12.4 Å². The van der Waals surface area contributed by atoms with Crippen molar-refractivity contribution in [2.24, 2.45) is 0 Å². The molecule has 0 amide bonds. The van der Waals surface area contributed by atoms with E-state index in [0.717, 1.165) is 0 Å². The molecule has 1 aromatic carbocycles. The number of halogens is 6. The number of hydrogen-bond donors (Lipinski definition) is 3. The van der Waals surface area contributed by atoms with Crippen molar-refractivity contribution in [1.29, 1.82) is 0 Å². The lowest BCUT2D eigenvalue weighted by molar-refractivity contribution is -0.138. The summed E-state index contributed by atoms with van der Waals surface area (Å²) in [5, 5.41) is 29.4. The van der Waals surface area contributed by atoms with Gasteiger partial charge in [-0.2, -0.15) is 26.3 Å². The number of phenols is 1.